The lowest BCUT2D eigenvalue weighted by Gasteiger charge is -2.22. The van der Waals surface area contributed by atoms with Crippen molar-refractivity contribution in [2.24, 2.45) is 0 Å². The number of carboxylic acid groups (broad SMARTS) is 1. The van der Waals surface area contributed by atoms with Crippen molar-refractivity contribution in [2.45, 2.75) is 26.2 Å². The van der Waals surface area contributed by atoms with E-state index in [0.29, 0.717) is 12.4 Å². The van der Waals surface area contributed by atoms with Crippen molar-refractivity contribution in [1.82, 2.24) is 0 Å². The number of rotatable bonds is 7. The second-order valence-corrected chi connectivity index (χ2v) is 7.14. The summed E-state index contributed by atoms with van der Waals surface area (Å²) in [7, 11) is 1.43. The van der Waals surface area contributed by atoms with Crippen LogP contribution in [0.5, 0.6) is 17.2 Å². The summed E-state index contributed by atoms with van der Waals surface area (Å²) < 4.78 is 16.7. The maximum absolute atomic E-state index is 11.1. The van der Waals surface area contributed by atoms with Crippen molar-refractivity contribution in [3.8, 4) is 17.2 Å². The fourth-order valence-corrected chi connectivity index (χ4v) is 2.76. The summed E-state index contributed by atoms with van der Waals surface area (Å²) in [5.41, 5.74) is 1.12. The third-order valence-electron chi connectivity index (χ3n) is 3.76. The Labute approximate surface area is 158 Å². The first-order valence-corrected chi connectivity index (χ1v) is 8.57. The lowest BCUT2D eigenvalue weighted by Crippen LogP contribution is -2.16. The smallest absolute Gasteiger partial charge is 0.335 e. The highest BCUT2D eigenvalue weighted by atomic mass is 35.5. The van der Waals surface area contributed by atoms with E-state index in [2.05, 4.69) is 20.8 Å². The highest BCUT2D eigenvalue weighted by Gasteiger charge is 2.19. The van der Waals surface area contributed by atoms with Crippen LogP contribution in [0.15, 0.2) is 36.4 Å². The molecule has 0 heterocycles. The number of aromatic carboxylic acids is 1. The summed E-state index contributed by atoms with van der Waals surface area (Å²) in [4.78, 5) is 11.1. The zero-order chi connectivity index (χ0) is 19.3. The SMILES string of the molecule is COc1cc(C(=O)O)cc(Cl)c1OCCOc1ccccc1C(C)(C)C. The monoisotopic (exact) mass is 378 g/mol. The molecule has 0 aliphatic carbocycles. The van der Waals surface area contributed by atoms with Gasteiger partial charge in [0.25, 0.3) is 0 Å². The number of hydrogen-bond acceptors (Lipinski definition) is 4. The Morgan fingerprint density at radius 2 is 1.73 bits per heavy atom. The van der Waals surface area contributed by atoms with Gasteiger partial charge in [-0.1, -0.05) is 50.6 Å². The predicted octanol–water partition coefficient (Wildman–Crippen LogP) is 4.80. The first-order chi connectivity index (χ1) is 12.2. The van der Waals surface area contributed by atoms with Crippen molar-refractivity contribution in [3.63, 3.8) is 0 Å². The molecule has 0 saturated carbocycles. The Hall–Kier alpha value is -2.40. The van der Waals surface area contributed by atoms with E-state index in [-0.39, 0.29) is 28.4 Å². The Morgan fingerprint density at radius 1 is 1.08 bits per heavy atom. The van der Waals surface area contributed by atoms with Crippen LogP contribution in [0.2, 0.25) is 5.02 Å². The summed E-state index contributed by atoms with van der Waals surface area (Å²) in [6, 6.07) is 10.6. The van der Waals surface area contributed by atoms with Crippen LogP contribution in [0.1, 0.15) is 36.7 Å². The van der Waals surface area contributed by atoms with Gasteiger partial charge in [0, 0.05) is 0 Å². The van der Waals surface area contributed by atoms with Gasteiger partial charge in [-0.3, -0.25) is 0 Å². The van der Waals surface area contributed by atoms with Gasteiger partial charge >= 0.3 is 5.97 Å². The van der Waals surface area contributed by atoms with Gasteiger partial charge in [-0.25, -0.2) is 4.79 Å². The number of carbonyl (C=O) groups is 1. The molecule has 1 N–H and O–H groups in total. The highest BCUT2D eigenvalue weighted by molar-refractivity contribution is 6.32. The molecule has 2 aromatic carbocycles. The second kappa shape index (κ2) is 8.32. The topological polar surface area (TPSA) is 65.0 Å². The van der Waals surface area contributed by atoms with E-state index >= 15 is 0 Å². The zero-order valence-electron chi connectivity index (χ0n) is 15.3. The van der Waals surface area contributed by atoms with Crippen LogP contribution < -0.4 is 14.2 Å². The summed E-state index contributed by atoms with van der Waals surface area (Å²) >= 11 is 6.13. The van der Waals surface area contributed by atoms with E-state index in [4.69, 9.17) is 30.9 Å². The van der Waals surface area contributed by atoms with Crippen LogP contribution in [-0.2, 0) is 5.41 Å². The number of ether oxygens (including phenoxy) is 3. The Bertz CT molecular complexity index is 780. The minimum Gasteiger partial charge on any atom is -0.493 e. The molecule has 2 rings (SSSR count). The van der Waals surface area contributed by atoms with E-state index in [1.807, 2.05) is 24.3 Å². The molecule has 140 valence electrons. The second-order valence-electron chi connectivity index (χ2n) is 6.74. The normalized spacial score (nSPS) is 11.1. The minimum atomic E-state index is -1.08. The molecule has 0 unspecified atom stereocenters. The molecule has 0 amide bonds. The van der Waals surface area contributed by atoms with Gasteiger partial charge in [0.15, 0.2) is 11.5 Å². The molecule has 0 aromatic heterocycles. The van der Waals surface area contributed by atoms with Gasteiger partial charge in [0.1, 0.15) is 19.0 Å². The highest BCUT2D eigenvalue weighted by Crippen LogP contribution is 2.36. The Kier molecular flexibility index (Phi) is 6.37. The van der Waals surface area contributed by atoms with Crippen molar-refractivity contribution in [1.29, 1.82) is 0 Å². The standard InChI is InChI=1S/C20H23ClO5/c1-20(2,3)14-7-5-6-8-16(14)25-9-10-26-18-15(21)11-13(19(22)23)12-17(18)24-4/h5-8,11-12H,9-10H2,1-4H3,(H,22,23). The van der Waals surface area contributed by atoms with Crippen LogP contribution >= 0.6 is 11.6 Å². The first kappa shape index (κ1) is 19.9. The van der Waals surface area contributed by atoms with Gasteiger partial charge in [-0.05, 0) is 29.2 Å². The molecule has 5 nitrogen and oxygen atoms in total. The molecule has 0 aliphatic heterocycles. The van der Waals surface area contributed by atoms with Crippen LogP contribution in [-0.4, -0.2) is 31.4 Å². The number of halogens is 1. The summed E-state index contributed by atoms with van der Waals surface area (Å²) in [6.45, 7) is 6.93. The Balaban J connectivity index is 2.04. The van der Waals surface area contributed by atoms with Gasteiger partial charge < -0.3 is 19.3 Å². The molecule has 2 aromatic rings. The average Bonchev–Trinajstić information content (AvgIpc) is 2.58. The fraction of sp³-hybridized carbons (Fsp3) is 0.350. The van der Waals surface area contributed by atoms with Crippen molar-refractivity contribution in [3.05, 3.63) is 52.5 Å². The third kappa shape index (κ3) is 4.82. The predicted molar refractivity (Wildman–Crippen MR) is 101 cm³/mol. The van der Waals surface area contributed by atoms with Crippen molar-refractivity contribution < 1.29 is 24.1 Å². The largest absolute Gasteiger partial charge is 0.493 e. The molecule has 0 radical (unpaired) electrons. The maximum atomic E-state index is 11.1. The number of carboxylic acids is 1. The number of benzene rings is 2. The van der Waals surface area contributed by atoms with Gasteiger partial charge in [0.2, 0.25) is 0 Å². The fourth-order valence-electron chi connectivity index (χ4n) is 2.49. The van der Waals surface area contributed by atoms with Crippen molar-refractivity contribution in [2.75, 3.05) is 20.3 Å². The van der Waals surface area contributed by atoms with Crippen LogP contribution in [0.25, 0.3) is 0 Å². The van der Waals surface area contributed by atoms with Crippen molar-refractivity contribution >= 4 is 17.6 Å². The van der Waals surface area contributed by atoms with Crippen LogP contribution in [0, 0.1) is 0 Å². The van der Waals surface area contributed by atoms with E-state index in [1.165, 1.54) is 19.2 Å². The summed E-state index contributed by atoms with van der Waals surface area (Å²) in [5.74, 6) is 0.290. The lowest BCUT2D eigenvalue weighted by molar-refractivity contribution is 0.0696. The zero-order valence-corrected chi connectivity index (χ0v) is 16.1. The molecule has 26 heavy (non-hydrogen) atoms. The van der Waals surface area contributed by atoms with Gasteiger partial charge in [0.05, 0.1) is 17.7 Å². The molecule has 0 atom stereocenters. The quantitative estimate of drug-likeness (QED) is 0.701. The molecular weight excluding hydrogens is 356 g/mol. The van der Waals surface area contributed by atoms with Crippen LogP contribution in [0.4, 0.5) is 0 Å². The molecular formula is C20H23ClO5. The molecule has 0 spiro atoms. The van der Waals surface area contributed by atoms with Gasteiger partial charge in [-0.15, -0.1) is 0 Å². The van der Waals surface area contributed by atoms with E-state index in [1.54, 1.807) is 0 Å². The first-order valence-electron chi connectivity index (χ1n) is 8.20. The maximum Gasteiger partial charge on any atom is 0.335 e. The molecule has 0 aliphatic rings. The molecule has 0 saturated heterocycles. The number of para-hydroxylation sites is 1. The molecule has 0 fully saturated rings. The van der Waals surface area contributed by atoms with E-state index in [0.717, 1.165) is 11.3 Å². The Morgan fingerprint density at radius 3 is 2.35 bits per heavy atom. The van der Waals surface area contributed by atoms with E-state index in [9.17, 15) is 4.79 Å². The summed E-state index contributed by atoms with van der Waals surface area (Å²) in [6.07, 6.45) is 0. The molecule has 0 bridgehead atoms. The number of methoxy groups -OCH3 is 1. The van der Waals surface area contributed by atoms with E-state index < -0.39 is 5.97 Å². The minimum absolute atomic E-state index is 0.0311. The average molecular weight is 379 g/mol. The van der Waals surface area contributed by atoms with Crippen LogP contribution in [0.3, 0.4) is 0 Å². The summed E-state index contributed by atoms with van der Waals surface area (Å²) in [5, 5.41) is 9.25. The molecule has 6 heteroatoms. The third-order valence-corrected chi connectivity index (χ3v) is 4.04. The number of hydrogen-bond donors (Lipinski definition) is 1. The van der Waals surface area contributed by atoms with Gasteiger partial charge in [-0.2, -0.15) is 0 Å². The lowest BCUT2D eigenvalue weighted by atomic mass is 9.86.